The number of methoxy groups -OCH3 is 1. The third-order valence-corrected chi connectivity index (χ3v) is 3.46. The van der Waals surface area contributed by atoms with Crippen LogP contribution in [0.25, 0.3) is 0 Å². The number of anilines is 1. The quantitative estimate of drug-likeness (QED) is 0.795. The van der Waals surface area contributed by atoms with Crippen LogP contribution < -0.4 is 5.32 Å². The molecule has 94 valence electrons. The first-order valence-electron chi connectivity index (χ1n) is 6.73. The van der Waals surface area contributed by atoms with Crippen molar-refractivity contribution in [2.24, 2.45) is 0 Å². The van der Waals surface area contributed by atoms with Gasteiger partial charge in [0, 0.05) is 18.8 Å². The van der Waals surface area contributed by atoms with Crippen LogP contribution in [0.5, 0.6) is 0 Å². The molecular formula is C15H23NO. The molecule has 17 heavy (non-hydrogen) atoms. The lowest BCUT2D eigenvalue weighted by molar-refractivity contribution is 0.185. The van der Waals surface area contributed by atoms with Crippen LogP contribution in [-0.4, -0.2) is 13.2 Å². The minimum Gasteiger partial charge on any atom is -0.382 e. The number of rotatable bonds is 4. The number of benzene rings is 1. The van der Waals surface area contributed by atoms with Gasteiger partial charge in [-0.15, -0.1) is 0 Å². The average Bonchev–Trinajstić information content (AvgIpc) is 2.59. The molecule has 0 radical (unpaired) electrons. The lowest BCUT2D eigenvalue weighted by atomic mass is 10.1. The van der Waals surface area contributed by atoms with Gasteiger partial charge < -0.3 is 10.1 Å². The molecule has 1 fully saturated rings. The number of hydrogen-bond acceptors (Lipinski definition) is 2. The van der Waals surface area contributed by atoms with E-state index in [9.17, 15) is 0 Å². The lowest BCUT2D eigenvalue weighted by Crippen LogP contribution is -2.18. The fourth-order valence-corrected chi connectivity index (χ4v) is 2.58. The Labute approximate surface area is 104 Å². The summed E-state index contributed by atoms with van der Waals surface area (Å²) >= 11 is 0. The Morgan fingerprint density at radius 1 is 1.18 bits per heavy atom. The molecule has 0 aliphatic heterocycles. The van der Waals surface area contributed by atoms with Gasteiger partial charge in [0.05, 0.1) is 6.61 Å². The number of nitrogens with one attached hydrogen (secondary N) is 1. The lowest BCUT2D eigenvalue weighted by Gasteiger charge is -2.18. The predicted molar refractivity (Wildman–Crippen MR) is 72.3 cm³/mol. The van der Waals surface area contributed by atoms with Gasteiger partial charge in [0.2, 0.25) is 0 Å². The highest BCUT2D eigenvalue weighted by molar-refractivity contribution is 5.46. The van der Waals surface area contributed by atoms with Gasteiger partial charge >= 0.3 is 0 Å². The van der Waals surface area contributed by atoms with E-state index in [1.165, 1.54) is 49.8 Å². The van der Waals surface area contributed by atoms with E-state index in [0.29, 0.717) is 12.6 Å². The van der Waals surface area contributed by atoms with Gasteiger partial charge in [-0.25, -0.2) is 0 Å². The van der Waals surface area contributed by atoms with Crippen molar-refractivity contribution in [1.29, 1.82) is 0 Å². The molecule has 2 nitrogen and oxygen atoms in total. The van der Waals surface area contributed by atoms with Crippen molar-refractivity contribution in [3.63, 3.8) is 0 Å². The number of ether oxygens (including phenoxy) is 1. The summed E-state index contributed by atoms with van der Waals surface area (Å²) in [6, 6.07) is 9.24. The fourth-order valence-electron chi connectivity index (χ4n) is 2.58. The van der Waals surface area contributed by atoms with Crippen molar-refractivity contribution in [3.05, 3.63) is 29.8 Å². The zero-order valence-corrected chi connectivity index (χ0v) is 10.7. The van der Waals surface area contributed by atoms with Crippen molar-refractivity contribution in [2.75, 3.05) is 12.4 Å². The van der Waals surface area contributed by atoms with E-state index < -0.39 is 0 Å². The fraction of sp³-hybridized carbons (Fsp3) is 0.600. The molecule has 0 bridgehead atoms. The van der Waals surface area contributed by atoms with E-state index in [1.807, 2.05) is 0 Å². The second kappa shape index (κ2) is 6.65. The predicted octanol–water partition coefficient (Wildman–Crippen LogP) is 3.97. The summed E-state index contributed by atoms with van der Waals surface area (Å²) in [5.41, 5.74) is 2.48. The molecule has 1 aliphatic carbocycles. The summed E-state index contributed by atoms with van der Waals surface area (Å²) in [5, 5.41) is 3.66. The molecule has 1 N–H and O–H groups in total. The van der Waals surface area contributed by atoms with Gasteiger partial charge in [-0.2, -0.15) is 0 Å². The Morgan fingerprint density at radius 3 is 2.65 bits per heavy atom. The van der Waals surface area contributed by atoms with Crippen molar-refractivity contribution in [3.8, 4) is 0 Å². The smallest absolute Gasteiger partial charge is 0.0713 e. The van der Waals surface area contributed by atoms with Crippen LogP contribution in [0.4, 0.5) is 5.69 Å². The third-order valence-electron chi connectivity index (χ3n) is 3.46. The minimum atomic E-state index is 0.662. The maximum absolute atomic E-state index is 5.17. The Hall–Kier alpha value is -1.02. The van der Waals surface area contributed by atoms with Crippen LogP contribution >= 0.6 is 0 Å². The normalized spacial score (nSPS) is 17.7. The van der Waals surface area contributed by atoms with Crippen molar-refractivity contribution < 1.29 is 4.74 Å². The Balaban J connectivity index is 1.94. The Kier molecular flexibility index (Phi) is 4.87. The van der Waals surface area contributed by atoms with Gasteiger partial charge in [-0.1, -0.05) is 37.8 Å². The van der Waals surface area contributed by atoms with E-state index in [4.69, 9.17) is 4.74 Å². The molecular weight excluding hydrogens is 210 g/mol. The maximum atomic E-state index is 5.17. The van der Waals surface area contributed by atoms with Crippen LogP contribution in [0.15, 0.2) is 24.3 Å². The summed E-state index contributed by atoms with van der Waals surface area (Å²) < 4.78 is 5.17. The van der Waals surface area contributed by atoms with E-state index in [1.54, 1.807) is 7.11 Å². The van der Waals surface area contributed by atoms with Crippen LogP contribution in [0, 0.1) is 0 Å². The first kappa shape index (κ1) is 12.4. The molecule has 2 heteroatoms. The van der Waals surface area contributed by atoms with E-state index in [2.05, 4.69) is 29.6 Å². The summed E-state index contributed by atoms with van der Waals surface area (Å²) in [6.07, 6.45) is 8.18. The highest BCUT2D eigenvalue weighted by Gasteiger charge is 2.11. The molecule has 0 spiro atoms. The first-order valence-corrected chi connectivity index (χ1v) is 6.73. The first-order chi connectivity index (χ1) is 8.38. The molecule has 0 aromatic heterocycles. The van der Waals surface area contributed by atoms with Crippen LogP contribution in [0.1, 0.15) is 44.1 Å². The van der Waals surface area contributed by atoms with Gasteiger partial charge in [0.15, 0.2) is 0 Å². The standard InChI is InChI=1S/C15H23NO/c1-17-12-13-7-6-10-15(11-13)16-14-8-4-2-3-5-9-14/h6-7,10-11,14,16H,2-5,8-9,12H2,1H3. The van der Waals surface area contributed by atoms with E-state index in [-0.39, 0.29) is 0 Å². The molecule has 1 aliphatic rings. The van der Waals surface area contributed by atoms with E-state index >= 15 is 0 Å². The van der Waals surface area contributed by atoms with Crippen LogP contribution in [0.2, 0.25) is 0 Å². The molecule has 0 amide bonds. The van der Waals surface area contributed by atoms with E-state index in [0.717, 1.165) is 0 Å². The zero-order chi connectivity index (χ0) is 11.9. The molecule has 0 atom stereocenters. The highest BCUT2D eigenvalue weighted by atomic mass is 16.5. The third kappa shape index (κ3) is 4.04. The zero-order valence-electron chi connectivity index (χ0n) is 10.7. The molecule has 0 heterocycles. The molecule has 1 aromatic rings. The second-order valence-electron chi connectivity index (χ2n) is 4.97. The SMILES string of the molecule is COCc1cccc(NC2CCCCCC2)c1. The maximum Gasteiger partial charge on any atom is 0.0713 e. The summed E-state index contributed by atoms with van der Waals surface area (Å²) in [6.45, 7) is 0.695. The summed E-state index contributed by atoms with van der Waals surface area (Å²) in [7, 11) is 1.74. The minimum absolute atomic E-state index is 0.662. The van der Waals surface area contributed by atoms with Gasteiger partial charge in [-0.3, -0.25) is 0 Å². The molecule has 1 saturated carbocycles. The van der Waals surface area contributed by atoms with Crippen molar-refractivity contribution >= 4 is 5.69 Å². The van der Waals surface area contributed by atoms with Crippen LogP contribution in [0.3, 0.4) is 0 Å². The number of hydrogen-bond donors (Lipinski definition) is 1. The summed E-state index contributed by atoms with van der Waals surface area (Å²) in [5.74, 6) is 0. The van der Waals surface area contributed by atoms with Crippen molar-refractivity contribution in [1.82, 2.24) is 0 Å². The second-order valence-corrected chi connectivity index (χ2v) is 4.97. The molecule has 1 aromatic carbocycles. The van der Waals surface area contributed by atoms with Gasteiger partial charge in [0.1, 0.15) is 0 Å². The van der Waals surface area contributed by atoms with Gasteiger partial charge in [0.25, 0.3) is 0 Å². The largest absolute Gasteiger partial charge is 0.382 e. The molecule has 0 saturated heterocycles. The summed E-state index contributed by atoms with van der Waals surface area (Å²) in [4.78, 5) is 0. The molecule has 2 rings (SSSR count). The van der Waals surface area contributed by atoms with Crippen LogP contribution in [-0.2, 0) is 11.3 Å². The Bertz CT molecular complexity index is 329. The monoisotopic (exact) mass is 233 g/mol. The van der Waals surface area contributed by atoms with Crippen molar-refractivity contribution in [2.45, 2.75) is 51.2 Å². The Morgan fingerprint density at radius 2 is 1.94 bits per heavy atom. The van der Waals surface area contributed by atoms with Gasteiger partial charge in [-0.05, 0) is 30.5 Å². The topological polar surface area (TPSA) is 21.3 Å². The average molecular weight is 233 g/mol. The highest BCUT2D eigenvalue weighted by Crippen LogP contribution is 2.21. The molecule has 0 unspecified atom stereocenters.